The molecule has 0 atom stereocenters. The number of carbonyl (C=O) groups excluding carboxylic acids is 1. The van der Waals surface area contributed by atoms with Crippen LogP contribution in [-0.4, -0.2) is 23.3 Å². The number of aromatic nitrogens is 2. The van der Waals surface area contributed by atoms with Crippen LogP contribution in [0.4, 0.5) is 5.95 Å². The monoisotopic (exact) mass is 163 g/mol. The quantitative estimate of drug-likeness (QED) is 0.527. The molecule has 1 heterocycles. The highest BCUT2D eigenvalue weighted by Crippen LogP contribution is 2.00. The second kappa shape index (κ2) is 4.23. The fourth-order valence-electron chi connectivity index (χ4n) is 0.704. The van der Waals surface area contributed by atoms with Crippen LogP contribution in [0.5, 0.6) is 0 Å². The van der Waals surface area contributed by atoms with Gasteiger partial charge in [0.25, 0.3) is 0 Å². The van der Waals surface area contributed by atoms with Crippen LogP contribution in [0.2, 0.25) is 0 Å². The molecule has 0 unspecified atom stereocenters. The lowest BCUT2D eigenvalue weighted by Crippen LogP contribution is -1.94. The van der Waals surface area contributed by atoms with Crippen molar-refractivity contribution < 1.29 is 4.79 Å². The van der Waals surface area contributed by atoms with Crippen molar-refractivity contribution in [2.75, 3.05) is 12.4 Å². The first-order valence-electron chi connectivity index (χ1n) is 3.48. The molecule has 0 aliphatic heterocycles. The molecule has 0 radical (unpaired) electrons. The summed E-state index contributed by atoms with van der Waals surface area (Å²) in [5.41, 5.74) is 0.807. The lowest BCUT2D eigenvalue weighted by molar-refractivity contribution is -0.104. The smallest absolute Gasteiger partial charge is 0.222 e. The average molecular weight is 163 g/mol. The molecule has 4 nitrogen and oxygen atoms in total. The number of nitrogens with zero attached hydrogens (tertiary/aromatic N) is 2. The van der Waals surface area contributed by atoms with Crippen LogP contribution in [0.15, 0.2) is 18.5 Å². The topological polar surface area (TPSA) is 54.9 Å². The van der Waals surface area contributed by atoms with Crippen LogP contribution >= 0.6 is 0 Å². The minimum Gasteiger partial charge on any atom is -0.357 e. The molecule has 0 aliphatic carbocycles. The first-order valence-corrected chi connectivity index (χ1v) is 3.48. The van der Waals surface area contributed by atoms with Crippen molar-refractivity contribution in [3.63, 3.8) is 0 Å². The van der Waals surface area contributed by atoms with Gasteiger partial charge in [0.1, 0.15) is 6.29 Å². The second-order valence-electron chi connectivity index (χ2n) is 2.09. The van der Waals surface area contributed by atoms with Crippen molar-refractivity contribution >= 4 is 18.3 Å². The minimum atomic E-state index is 0.568. The number of aldehydes is 1. The molecule has 0 saturated carbocycles. The van der Waals surface area contributed by atoms with E-state index < -0.39 is 0 Å². The largest absolute Gasteiger partial charge is 0.357 e. The maximum atomic E-state index is 9.96. The van der Waals surface area contributed by atoms with Gasteiger partial charge in [0.2, 0.25) is 5.95 Å². The van der Waals surface area contributed by atoms with Crippen molar-refractivity contribution in [1.82, 2.24) is 9.97 Å². The van der Waals surface area contributed by atoms with Crippen LogP contribution < -0.4 is 5.32 Å². The zero-order valence-electron chi connectivity index (χ0n) is 6.69. The van der Waals surface area contributed by atoms with E-state index in [4.69, 9.17) is 0 Å². The fraction of sp³-hybridized carbons (Fsp3) is 0.125. The molecule has 0 aromatic carbocycles. The van der Waals surface area contributed by atoms with E-state index in [1.807, 2.05) is 0 Å². The molecular formula is C8H9N3O. The number of hydrogen-bond donors (Lipinski definition) is 1. The van der Waals surface area contributed by atoms with Crippen molar-refractivity contribution in [2.45, 2.75) is 0 Å². The summed E-state index contributed by atoms with van der Waals surface area (Å²) in [5.74, 6) is 0.568. The highest BCUT2D eigenvalue weighted by Gasteiger charge is 1.89. The van der Waals surface area contributed by atoms with E-state index in [9.17, 15) is 4.79 Å². The Morgan fingerprint density at radius 1 is 1.42 bits per heavy atom. The number of anilines is 1. The van der Waals surface area contributed by atoms with Crippen molar-refractivity contribution in [1.29, 1.82) is 0 Å². The molecule has 1 N–H and O–H groups in total. The van der Waals surface area contributed by atoms with Crippen LogP contribution in [0.3, 0.4) is 0 Å². The van der Waals surface area contributed by atoms with Gasteiger partial charge in [-0.05, 0) is 12.2 Å². The molecule has 1 aromatic rings. The molecule has 0 spiro atoms. The van der Waals surface area contributed by atoms with Crippen molar-refractivity contribution in [3.05, 3.63) is 24.0 Å². The molecule has 1 aromatic heterocycles. The van der Waals surface area contributed by atoms with Crippen molar-refractivity contribution in [3.8, 4) is 0 Å². The third-order valence-corrected chi connectivity index (χ3v) is 1.26. The van der Waals surface area contributed by atoms with Crippen molar-refractivity contribution in [2.24, 2.45) is 0 Å². The fourth-order valence-corrected chi connectivity index (χ4v) is 0.704. The number of hydrogen-bond acceptors (Lipinski definition) is 4. The zero-order valence-corrected chi connectivity index (χ0v) is 6.69. The van der Waals surface area contributed by atoms with Gasteiger partial charge < -0.3 is 5.32 Å². The Balaban J connectivity index is 2.77. The maximum absolute atomic E-state index is 9.96. The summed E-state index contributed by atoms with van der Waals surface area (Å²) in [6, 6.07) is 0. The van der Waals surface area contributed by atoms with Gasteiger partial charge in [0.05, 0.1) is 0 Å². The van der Waals surface area contributed by atoms with E-state index in [2.05, 4.69) is 15.3 Å². The highest BCUT2D eigenvalue weighted by molar-refractivity contribution is 5.73. The number of nitrogens with one attached hydrogen (secondary N) is 1. The van der Waals surface area contributed by atoms with E-state index in [0.29, 0.717) is 12.2 Å². The molecule has 4 heteroatoms. The SMILES string of the molecule is CNc1ncc(C=CC=O)cn1. The number of rotatable bonds is 3. The Kier molecular flexibility index (Phi) is 2.95. The summed E-state index contributed by atoms with van der Waals surface area (Å²) in [7, 11) is 1.75. The number of allylic oxidation sites excluding steroid dienone is 1. The predicted octanol–water partition coefficient (Wildman–Crippen LogP) is 0.730. The van der Waals surface area contributed by atoms with Gasteiger partial charge in [-0.3, -0.25) is 4.79 Å². The van der Waals surface area contributed by atoms with Crippen LogP contribution in [0.25, 0.3) is 6.08 Å². The first-order chi connectivity index (χ1) is 5.86. The third-order valence-electron chi connectivity index (χ3n) is 1.26. The Morgan fingerprint density at radius 2 is 2.08 bits per heavy atom. The van der Waals surface area contributed by atoms with E-state index >= 15 is 0 Å². The molecule has 12 heavy (non-hydrogen) atoms. The van der Waals surface area contributed by atoms with E-state index in [1.165, 1.54) is 6.08 Å². The Morgan fingerprint density at radius 3 is 2.58 bits per heavy atom. The lowest BCUT2D eigenvalue weighted by Gasteiger charge is -1.95. The van der Waals surface area contributed by atoms with Crippen LogP contribution in [0, 0.1) is 0 Å². The average Bonchev–Trinajstić information content (AvgIpc) is 2.15. The lowest BCUT2D eigenvalue weighted by atomic mass is 10.3. The number of carbonyl (C=O) groups is 1. The van der Waals surface area contributed by atoms with Crippen LogP contribution in [-0.2, 0) is 4.79 Å². The molecule has 0 bridgehead atoms. The summed E-state index contributed by atoms with van der Waals surface area (Å²) in [4.78, 5) is 17.9. The Bertz CT molecular complexity index is 279. The summed E-state index contributed by atoms with van der Waals surface area (Å²) in [6.07, 6.45) is 7.04. The van der Waals surface area contributed by atoms with Gasteiger partial charge in [0.15, 0.2) is 0 Å². The van der Waals surface area contributed by atoms with Gasteiger partial charge in [-0.15, -0.1) is 0 Å². The standard InChI is InChI=1S/C8H9N3O/c1-9-8-10-5-7(6-11-8)3-2-4-12/h2-6H,1H3,(H,9,10,11). The molecule has 0 fully saturated rings. The zero-order chi connectivity index (χ0) is 8.81. The predicted molar refractivity (Wildman–Crippen MR) is 46.7 cm³/mol. The maximum Gasteiger partial charge on any atom is 0.222 e. The summed E-state index contributed by atoms with van der Waals surface area (Å²) >= 11 is 0. The minimum absolute atomic E-state index is 0.568. The van der Waals surface area contributed by atoms with Gasteiger partial charge in [0, 0.05) is 25.0 Å². The molecular weight excluding hydrogens is 154 g/mol. The highest BCUT2D eigenvalue weighted by atomic mass is 16.1. The van der Waals surface area contributed by atoms with E-state index in [-0.39, 0.29) is 0 Å². The normalized spacial score (nSPS) is 10.1. The Hall–Kier alpha value is -1.71. The van der Waals surface area contributed by atoms with E-state index in [1.54, 1.807) is 25.5 Å². The summed E-state index contributed by atoms with van der Waals surface area (Å²) in [6.45, 7) is 0. The van der Waals surface area contributed by atoms with Gasteiger partial charge in [-0.1, -0.05) is 0 Å². The third kappa shape index (κ3) is 2.16. The molecule has 0 amide bonds. The second-order valence-corrected chi connectivity index (χ2v) is 2.09. The van der Waals surface area contributed by atoms with Gasteiger partial charge in [-0.25, -0.2) is 9.97 Å². The van der Waals surface area contributed by atoms with Crippen LogP contribution in [0.1, 0.15) is 5.56 Å². The molecule has 1 rings (SSSR count). The summed E-state index contributed by atoms with van der Waals surface area (Å²) in [5, 5.41) is 2.79. The summed E-state index contributed by atoms with van der Waals surface area (Å²) < 4.78 is 0. The van der Waals surface area contributed by atoms with E-state index in [0.717, 1.165) is 5.56 Å². The molecule has 0 aliphatic rings. The van der Waals surface area contributed by atoms with Gasteiger partial charge in [-0.2, -0.15) is 0 Å². The van der Waals surface area contributed by atoms with Gasteiger partial charge >= 0.3 is 0 Å². The Labute approximate surface area is 70.4 Å². The molecule has 0 saturated heterocycles. The first kappa shape index (κ1) is 8.39. The molecule has 62 valence electrons.